The van der Waals surface area contributed by atoms with Crippen molar-refractivity contribution in [1.29, 1.82) is 0 Å². The van der Waals surface area contributed by atoms with E-state index in [-0.39, 0.29) is 9.92 Å². The first-order valence-electron chi connectivity index (χ1n) is 8.71. The van der Waals surface area contributed by atoms with Gasteiger partial charge in [0.25, 0.3) is 10.0 Å². The van der Waals surface area contributed by atoms with Gasteiger partial charge in [-0.25, -0.2) is 8.42 Å². The highest BCUT2D eigenvalue weighted by Crippen LogP contribution is 2.28. The van der Waals surface area contributed by atoms with Gasteiger partial charge in [-0.15, -0.1) is 0 Å². The Kier molecular flexibility index (Phi) is 6.13. The molecule has 140 valence electrons. The zero-order valence-corrected chi connectivity index (χ0v) is 17.0. The van der Waals surface area contributed by atoms with Crippen LogP contribution in [0, 0.1) is 0 Å². The number of benzene rings is 2. The van der Waals surface area contributed by atoms with Crippen LogP contribution < -0.4 is 4.72 Å². The number of halogens is 2. The number of anilines is 1. The molecule has 0 saturated carbocycles. The summed E-state index contributed by atoms with van der Waals surface area (Å²) in [6.45, 7) is 5.34. The van der Waals surface area contributed by atoms with E-state index in [1.54, 1.807) is 0 Å². The fraction of sp³-hybridized carbons (Fsp3) is 0.368. The number of nitrogens with one attached hydrogen (secondary N) is 1. The van der Waals surface area contributed by atoms with Crippen LogP contribution in [0.2, 0.25) is 10.0 Å². The SMILES string of the molecule is CCCN1CCc2ccc(NS(=O)(=O)c3ccc(Cl)cc3Cl)cc2CC1. The monoisotopic (exact) mass is 412 g/mol. The Bertz CT molecular complexity index is 900. The van der Waals surface area contributed by atoms with Crippen LogP contribution in [-0.4, -0.2) is 33.0 Å². The molecule has 1 aliphatic heterocycles. The third kappa shape index (κ3) is 4.52. The van der Waals surface area contributed by atoms with Gasteiger partial charge in [-0.05, 0) is 67.3 Å². The summed E-state index contributed by atoms with van der Waals surface area (Å²) >= 11 is 11.9. The molecular weight excluding hydrogens is 391 g/mol. The first kappa shape index (κ1) is 19.5. The summed E-state index contributed by atoms with van der Waals surface area (Å²) in [6.07, 6.45) is 3.06. The van der Waals surface area contributed by atoms with Crippen molar-refractivity contribution >= 4 is 38.9 Å². The van der Waals surface area contributed by atoms with Gasteiger partial charge >= 0.3 is 0 Å². The molecule has 1 N–H and O–H groups in total. The summed E-state index contributed by atoms with van der Waals surface area (Å²) in [6, 6.07) is 10.1. The van der Waals surface area contributed by atoms with Gasteiger partial charge in [-0.1, -0.05) is 36.2 Å². The Morgan fingerprint density at radius 1 is 1.04 bits per heavy atom. The number of hydrogen-bond acceptors (Lipinski definition) is 3. The lowest BCUT2D eigenvalue weighted by molar-refractivity contribution is 0.288. The number of fused-ring (bicyclic) bond motifs is 1. The van der Waals surface area contributed by atoms with Gasteiger partial charge in [0.05, 0.1) is 5.02 Å². The molecule has 2 aromatic rings. The van der Waals surface area contributed by atoms with Crippen molar-refractivity contribution < 1.29 is 8.42 Å². The molecule has 0 radical (unpaired) electrons. The molecule has 0 aliphatic carbocycles. The summed E-state index contributed by atoms with van der Waals surface area (Å²) in [7, 11) is -3.77. The van der Waals surface area contributed by atoms with Crippen LogP contribution in [0.1, 0.15) is 24.5 Å². The number of hydrogen-bond donors (Lipinski definition) is 1. The van der Waals surface area contributed by atoms with E-state index in [2.05, 4.69) is 16.5 Å². The second-order valence-corrected chi connectivity index (χ2v) is 9.00. The summed E-state index contributed by atoms with van der Waals surface area (Å²) < 4.78 is 28.0. The lowest BCUT2D eigenvalue weighted by Crippen LogP contribution is -2.27. The maximum absolute atomic E-state index is 12.7. The molecule has 2 aromatic carbocycles. The molecule has 0 atom stereocenters. The maximum Gasteiger partial charge on any atom is 0.263 e. The topological polar surface area (TPSA) is 49.4 Å². The van der Waals surface area contributed by atoms with Crippen molar-refractivity contribution in [2.24, 2.45) is 0 Å². The minimum Gasteiger partial charge on any atom is -0.303 e. The normalized spacial score (nSPS) is 15.3. The molecule has 7 heteroatoms. The highest BCUT2D eigenvalue weighted by Gasteiger charge is 2.20. The molecule has 0 amide bonds. The summed E-state index contributed by atoms with van der Waals surface area (Å²) in [4.78, 5) is 2.48. The third-order valence-corrected chi connectivity index (χ3v) is 6.68. The summed E-state index contributed by atoms with van der Waals surface area (Å²) in [5, 5.41) is 0.505. The van der Waals surface area contributed by atoms with Gasteiger partial charge in [-0.2, -0.15) is 0 Å². The number of nitrogens with zero attached hydrogens (tertiary/aromatic N) is 1. The average Bonchev–Trinajstić information content (AvgIpc) is 2.77. The summed E-state index contributed by atoms with van der Waals surface area (Å²) in [5.74, 6) is 0. The highest BCUT2D eigenvalue weighted by molar-refractivity contribution is 7.92. The van der Waals surface area contributed by atoms with Crippen LogP contribution in [0.5, 0.6) is 0 Å². The zero-order valence-electron chi connectivity index (χ0n) is 14.6. The second-order valence-electron chi connectivity index (χ2n) is 6.51. The maximum atomic E-state index is 12.7. The highest BCUT2D eigenvalue weighted by atomic mass is 35.5. The fourth-order valence-corrected chi connectivity index (χ4v) is 5.10. The van der Waals surface area contributed by atoms with Gasteiger partial charge in [0.1, 0.15) is 4.90 Å². The molecule has 4 nitrogen and oxygen atoms in total. The second kappa shape index (κ2) is 8.17. The standard InChI is InChI=1S/C19H22Cl2N2O2S/c1-2-9-23-10-7-14-3-5-17(12-15(14)8-11-23)22-26(24,25)19-6-4-16(20)13-18(19)21/h3-6,12-13,22H,2,7-11H2,1H3. The van der Waals surface area contributed by atoms with Crippen LogP contribution >= 0.6 is 23.2 Å². The van der Waals surface area contributed by atoms with Crippen LogP contribution in [0.3, 0.4) is 0 Å². The Balaban J connectivity index is 1.81. The van der Waals surface area contributed by atoms with Crippen molar-refractivity contribution in [2.75, 3.05) is 24.4 Å². The number of rotatable bonds is 5. The molecule has 0 bridgehead atoms. The fourth-order valence-electron chi connectivity index (χ4n) is 3.28. The van der Waals surface area contributed by atoms with Gasteiger partial charge in [0, 0.05) is 23.8 Å². The Morgan fingerprint density at radius 2 is 1.77 bits per heavy atom. The van der Waals surface area contributed by atoms with E-state index < -0.39 is 10.0 Å². The van der Waals surface area contributed by atoms with Gasteiger partial charge in [0.2, 0.25) is 0 Å². The van der Waals surface area contributed by atoms with Crippen LogP contribution in [0.4, 0.5) is 5.69 Å². The van der Waals surface area contributed by atoms with Gasteiger partial charge in [0.15, 0.2) is 0 Å². The van der Waals surface area contributed by atoms with Crippen LogP contribution in [0.25, 0.3) is 0 Å². The smallest absolute Gasteiger partial charge is 0.263 e. The first-order valence-corrected chi connectivity index (χ1v) is 10.9. The molecule has 0 fully saturated rings. The van der Waals surface area contributed by atoms with E-state index in [0.29, 0.717) is 10.7 Å². The minimum absolute atomic E-state index is 0.0210. The molecule has 3 rings (SSSR count). The van der Waals surface area contributed by atoms with Crippen molar-refractivity contribution in [3.05, 3.63) is 57.6 Å². The van der Waals surface area contributed by atoms with Crippen LogP contribution in [-0.2, 0) is 22.9 Å². The summed E-state index contributed by atoms with van der Waals surface area (Å²) in [5.41, 5.74) is 3.04. The largest absolute Gasteiger partial charge is 0.303 e. The molecular formula is C19H22Cl2N2O2S. The predicted molar refractivity (Wildman–Crippen MR) is 108 cm³/mol. The van der Waals surface area contributed by atoms with E-state index in [1.165, 1.54) is 29.3 Å². The van der Waals surface area contributed by atoms with E-state index in [0.717, 1.165) is 38.9 Å². The minimum atomic E-state index is -3.77. The van der Waals surface area contributed by atoms with Crippen molar-refractivity contribution in [2.45, 2.75) is 31.1 Å². The molecule has 26 heavy (non-hydrogen) atoms. The molecule has 1 aliphatic rings. The average molecular weight is 413 g/mol. The van der Waals surface area contributed by atoms with E-state index in [1.807, 2.05) is 18.2 Å². The molecule has 0 spiro atoms. The molecule has 0 aromatic heterocycles. The quantitative estimate of drug-likeness (QED) is 0.779. The van der Waals surface area contributed by atoms with Crippen molar-refractivity contribution in [3.8, 4) is 0 Å². The van der Waals surface area contributed by atoms with Crippen molar-refractivity contribution in [1.82, 2.24) is 4.90 Å². The Labute approximate surface area is 165 Å². The van der Waals surface area contributed by atoms with Crippen LogP contribution in [0.15, 0.2) is 41.3 Å². The van der Waals surface area contributed by atoms with E-state index in [9.17, 15) is 8.42 Å². The molecule has 0 saturated heterocycles. The van der Waals surface area contributed by atoms with Gasteiger partial charge in [-0.3, -0.25) is 4.72 Å². The molecule has 1 heterocycles. The predicted octanol–water partition coefficient (Wildman–Crippen LogP) is 4.60. The van der Waals surface area contributed by atoms with E-state index in [4.69, 9.17) is 23.2 Å². The van der Waals surface area contributed by atoms with Gasteiger partial charge < -0.3 is 4.90 Å². The number of sulfonamides is 1. The first-order chi connectivity index (χ1) is 12.4. The molecule has 0 unspecified atom stereocenters. The van der Waals surface area contributed by atoms with Crippen molar-refractivity contribution in [3.63, 3.8) is 0 Å². The lowest BCUT2D eigenvalue weighted by atomic mass is 10.0. The third-order valence-electron chi connectivity index (χ3n) is 4.58. The Hall–Kier alpha value is -1.27. The van der Waals surface area contributed by atoms with E-state index >= 15 is 0 Å². The zero-order chi connectivity index (χ0) is 18.7. The lowest BCUT2D eigenvalue weighted by Gasteiger charge is -2.18. The Morgan fingerprint density at radius 3 is 2.46 bits per heavy atom.